The van der Waals surface area contributed by atoms with Crippen LogP contribution in [0.15, 0.2) is 84.9 Å². The Morgan fingerprint density at radius 2 is 1.36 bits per heavy atom. The van der Waals surface area contributed by atoms with Gasteiger partial charge in [0.2, 0.25) is 0 Å². The largest absolute Gasteiger partial charge is 0.506 e. The number of phenolic OH excluding ortho intramolecular Hbond substituents is 1. The van der Waals surface area contributed by atoms with Gasteiger partial charge in [0.15, 0.2) is 24.4 Å². The van der Waals surface area contributed by atoms with Crippen LogP contribution in [-0.2, 0) is 38.7 Å². The van der Waals surface area contributed by atoms with E-state index in [1.54, 1.807) is 31.2 Å². The molecule has 0 spiro atoms. The van der Waals surface area contributed by atoms with E-state index >= 15 is 0 Å². The molecule has 2 heterocycles. The van der Waals surface area contributed by atoms with Gasteiger partial charge in [-0.05, 0) is 118 Å². The lowest BCUT2D eigenvalue weighted by molar-refractivity contribution is -0.153. The Bertz CT molecular complexity index is 2160. The molecular formula is C43H48IN5O9. The number of halogens is 1. The number of carbonyl (C=O) groups is 4. The third kappa shape index (κ3) is 9.78. The normalized spacial score (nSPS) is 16.7. The molecular weight excluding hydrogens is 857 g/mol. The number of fused-ring (bicyclic) bond motifs is 1. The van der Waals surface area contributed by atoms with Gasteiger partial charge in [0, 0.05) is 49.4 Å². The van der Waals surface area contributed by atoms with Gasteiger partial charge in [-0.15, -0.1) is 0 Å². The van der Waals surface area contributed by atoms with Crippen LogP contribution in [-0.4, -0.2) is 116 Å². The molecule has 306 valence electrons. The number of amides is 4. The molecule has 1 fully saturated rings. The maximum Gasteiger partial charge on any atom is 0.255 e. The van der Waals surface area contributed by atoms with Gasteiger partial charge in [-0.1, -0.05) is 48.5 Å². The summed E-state index contributed by atoms with van der Waals surface area (Å²) in [6, 6.07) is 25.2. The van der Waals surface area contributed by atoms with Crippen LogP contribution in [0.4, 0.5) is 5.69 Å². The van der Waals surface area contributed by atoms with Crippen molar-refractivity contribution in [1.29, 1.82) is 0 Å². The Balaban J connectivity index is 1.04. The number of benzene rings is 4. The predicted octanol–water partition coefficient (Wildman–Crippen LogP) is 2.14. The van der Waals surface area contributed by atoms with E-state index < -0.39 is 54.1 Å². The number of aliphatic hydroxyl groups excluding tert-OH is 4. The molecule has 2 aliphatic heterocycles. The molecule has 15 heteroatoms. The zero-order valence-corrected chi connectivity index (χ0v) is 34.4. The molecule has 0 bridgehead atoms. The number of aliphatic hydroxyl groups is 4. The van der Waals surface area contributed by atoms with E-state index in [2.05, 4.69) is 33.2 Å². The Kier molecular flexibility index (Phi) is 13.7. The van der Waals surface area contributed by atoms with Gasteiger partial charge < -0.3 is 50.9 Å². The van der Waals surface area contributed by atoms with Crippen molar-refractivity contribution in [3.8, 4) is 16.9 Å². The van der Waals surface area contributed by atoms with Crippen molar-refractivity contribution < 1.29 is 44.7 Å². The van der Waals surface area contributed by atoms with Crippen LogP contribution in [0.5, 0.6) is 5.75 Å². The van der Waals surface area contributed by atoms with Crippen molar-refractivity contribution in [3.63, 3.8) is 0 Å². The number of piperazine rings is 1. The summed E-state index contributed by atoms with van der Waals surface area (Å²) in [6.07, 6.45) is -7.26. The summed E-state index contributed by atoms with van der Waals surface area (Å²) >= 11 is 2.16. The number of hydrogen-bond donors (Lipinski definition) is 7. The van der Waals surface area contributed by atoms with Gasteiger partial charge in [0.25, 0.3) is 23.6 Å². The molecule has 4 unspecified atom stereocenters. The van der Waals surface area contributed by atoms with Crippen LogP contribution < -0.4 is 15.5 Å². The highest BCUT2D eigenvalue weighted by atomic mass is 127. The van der Waals surface area contributed by atoms with Crippen molar-refractivity contribution >= 4 is 51.9 Å². The van der Waals surface area contributed by atoms with E-state index in [4.69, 9.17) is 0 Å². The van der Waals surface area contributed by atoms with Crippen molar-refractivity contribution in [2.24, 2.45) is 0 Å². The number of carbonyl (C=O) groups excluding carboxylic acids is 4. The number of rotatable bonds is 12. The molecule has 0 aromatic heterocycles. The minimum atomic E-state index is -2.01. The molecule has 2 aliphatic rings. The summed E-state index contributed by atoms with van der Waals surface area (Å²) in [6.45, 7) is 5.55. The van der Waals surface area contributed by atoms with Gasteiger partial charge in [-0.25, -0.2) is 0 Å². The standard InChI is InChI=1S/C43H48IN5O9/c1-25-11-12-29(26(2)46-41(56)37(52)39(54)42(57)48-17-15-47(16-18-48)34-9-5-6-10-35(34)50)22-33(25)31-19-27(20-32(44)21-31)23-45-40(55)36(51)38(53)43(58)49-14-13-28-7-3-4-8-30(28)24-49/h3-12,19-22,26,36-39,50-54H,13-18,23-24H2,1-2H3,(H,45,55)(H,46,56)/t26-,36?,37?,38?,39?/m0/s1. The summed E-state index contributed by atoms with van der Waals surface area (Å²) in [7, 11) is 0. The third-order valence-corrected chi connectivity index (χ3v) is 11.4. The minimum absolute atomic E-state index is 0.00811. The lowest BCUT2D eigenvalue weighted by atomic mass is 9.94. The third-order valence-electron chi connectivity index (χ3n) is 10.8. The van der Waals surface area contributed by atoms with E-state index in [1.165, 1.54) is 9.80 Å². The Labute approximate surface area is 350 Å². The highest BCUT2D eigenvalue weighted by Crippen LogP contribution is 2.30. The number of aromatic hydroxyl groups is 1. The van der Waals surface area contributed by atoms with Crippen molar-refractivity contribution in [1.82, 2.24) is 20.4 Å². The lowest BCUT2D eigenvalue weighted by Gasteiger charge is -2.37. The lowest BCUT2D eigenvalue weighted by Crippen LogP contribution is -2.55. The summed E-state index contributed by atoms with van der Waals surface area (Å²) in [5.74, 6) is -3.16. The first-order valence-electron chi connectivity index (χ1n) is 19.1. The molecule has 0 radical (unpaired) electrons. The SMILES string of the molecule is Cc1ccc([C@H](C)NC(=O)C(O)C(O)C(=O)N2CCN(c3ccccc3O)CC2)cc1-c1cc(I)cc(CNC(=O)C(O)C(O)C(=O)N2CCc3ccccc3C2)c1. The quantitative estimate of drug-likeness (QED) is 0.103. The molecule has 5 atom stereocenters. The number of hydrogen-bond acceptors (Lipinski definition) is 10. The minimum Gasteiger partial charge on any atom is -0.506 e. The zero-order chi connectivity index (χ0) is 41.7. The van der Waals surface area contributed by atoms with Crippen LogP contribution in [0.2, 0.25) is 0 Å². The number of aryl methyl sites for hydroxylation is 1. The first kappa shape index (κ1) is 42.5. The molecule has 7 N–H and O–H groups in total. The second kappa shape index (κ2) is 18.7. The highest BCUT2D eigenvalue weighted by molar-refractivity contribution is 14.1. The topological polar surface area (TPSA) is 203 Å². The molecule has 0 aliphatic carbocycles. The van der Waals surface area contributed by atoms with Gasteiger partial charge in [-0.2, -0.15) is 0 Å². The fourth-order valence-corrected chi connectivity index (χ4v) is 8.05. The molecule has 4 aromatic carbocycles. The molecule has 4 aromatic rings. The van der Waals surface area contributed by atoms with Gasteiger partial charge >= 0.3 is 0 Å². The molecule has 0 saturated carbocycles. The van der Waals surface area contributed by atoms with Crippen molar-refractivity contribution in [3.05, 3.63) is 116 Å². The van der Waals surface area contributed by atoms with E-state index in [0.717, 1.165) is 31.4 Å². The van der Waals surface area contributed by atoms with Gasteiger partial charge in [-0.3, -0.25) is 19.2 Å². The average molecular weight is 906 g/mol. The number of phenols is 1. The Morgan fingerprint density at radius 3 is 2.07 bits per heavy atom. The second-order valence-electron chi connectivity index (χ2n) is 14.7. The summed E-state index contributed by atoms with van der Waals surface area (Å²) < 4.78 is 0.855. The van der Waals surface area contributed by atoms with Crippen LogP contribution >= 0.6 is 22.6 Å². The number of anilines is 1. The van der Waals surface area contributed by atoms with Crippen LogP contribution in [0.25, 0.3) is 11.1 Å². The van der Waals surface area contributed by atoms with E-state index in [0.29, 0.717) is 42.9 Å². The second-order valence-corrected chi connectivity index (χ2v) is 16.0. The molecule has 1 saturated heterocycles. The molecule has 4 amide bonds. The number of nitrogens with one attached hydrogen (secondary N) is 2. The van der Waals surface area contributed by atoms with Crippen LogP contribution in [0.1, 0.15) is 40.8 Å². The maximum atomic E-state index is 13.1. The van der Waals surface area contributed by atoms with Crippen LogP contribution in [0.3, 0.4) is 0 Å². The smallest absolute Gasteiger partial charge is 0.255 e. The highest BCUT2D eigenvalue weighted by Gasteiger charge is 2.36. The Morgan fingerprint density at radius 1 is 0.724 bits per heavy atom. The molecule has 14 nitrogen and oxygen atoms in total. The van der Waals surface area contributed by atoms with Gasteiger partial charge in [0.05, 0.1) is 11.7 Å². The first-order chi connectivity index (χ1) is 27.7. The monoisotopic (exact) mass is 905 g/mol. The zero-order valence-electron chi connectivity index (χ0n) is 32.2. The maximum absolute atomic E-state index is 13.1. The predicted molar refractivity (Wildman–Crippen MR) is 224 cm³/mol. The van der Waals surface area contributed by atoms with Gasteiger partial charge in [0.1, 0.15) is 5.75 Å². The van der Waals surface area contributed by atoms with E-state index in [1.807, 2.05) is 72.5 Å². The number of para-hydroxylation sites is 2. The van der Waals surface area contributed by atoms with Crippen LogP contribution in [0, 0.1) is 10.5 Å². The number of nitrogens with zero attached hydrogens (tertiary/aromatic N) is 3. The summed E-state index contributed by atoms with van der Waals surface area (Å²) in [4.78, 5) is 56.9. The average Bonchev–Trinajstić information content (AvgIpc) is 3.23. The van der Waals surface area contributed by atoms with E-state index in [-0.39, 0.29) is 31.9 Å². The summed E-state index contributed by atoms with van der Waals surface area (Å²) in [5, 5.41) is 58.2. The van der Waals surface area contributed by atoms with Crippen molar-refractivity contribution in [2.75, 3.05) is 37.6 Å². The first-order valence-corrected chi connectivity index (χ1v) is 20.2. The molecule has 58 heavy (non-hydrogen) atoms. The fraction of sp³-hybridized carbons (Fsp3) is 0.349. The fourth-order valence-electron chi connectivity index (χ4n) is 7.32. The summed E-state index contributed by atoms with van der Waals surface area (Å²) in [5.41, 5.74) is 6.65. The van der Waals surface area contributed by atoms with Crippen molar-refractivity contribution in [2.45, 2.75) is 63.8 Å². The molecule has 6 rings (SSSR count). The Hall–Kier alpha value is -5.07. The van der Waals surface area contributed by atoms with E-state index in [9.17, 15) is 44.7 Å².